The van der Waals surface area contributed by atoms with Crippen molar-refractivity contribution in [1.82, 2.24) is 5.32 Å². The summed E-state index contributed by atoms with van der Waals surface area (Å²) >= 11 is 0.943. The maximum Gasteiger partial charge on any atom is 0.290 e. The first kappa shape index (κ1) is 11.0. The molecule has 1 fully saturated rings. The second kappa shape index (κ2) is 4.53. The van der Waals surface area contributed by atoms with E-state index in [1.807, 2.05) is 24.3 Å². The fourth-order valence-corrected chi connectivity index (χ4v) is 2.16. The quantitative estimate of drug-likeness (QED) is 0.798. The van der Waals surface area contributed by atoms with E-state index >= 15 is 0 Å². The lowest BCUT2D eigenvalue weighted by Crippen LogP contribution is -2.17. The molecule has 1 aromatic rings. The maximum absolute atomic E-state index is 11.3. The lowest BCUT2D eigenvalue weighted by Gasteiger charge is -1.98. The second-order valence-corrected chi connectivity index (χ2v) is 4.47. The number of carbonyl (C=O) groups excluding carboxylic acids is 2. The third-order valence-electron chi connectivity index (χ3n) is 2.30. The maximum atomic E-state index is 11.3. The molecule has 0 unspecified atom stereocenters. The van der Waals surface area contributed by atoms with Crippen molar-refractivity contribution in [2.75, 3.05) is 0 Å². The zero-order valence-electron chi connectivity index (χ0n) is 8.82. The summed E-state index contributed by atoms with van der Waals surface area (Å²) in [5.74, 6) is -0.308. The van der Waals surface area contributed by atoms with Crippen LogP contribution in [0.25, 0.3) is 6.08 Å². The van der Waals surface area contributed by atoms with E-state index in [9.17, 15) is 9.59 Å². The van der Waals surface area contributed by atoms with Gasteiger partial charge >= 0.3 is 0 Å². The first-order valence-corrected chi connectivity index (χ1v) is 5.84. The fraction of sp³-hybridized carbons (Fsp3) is 0.167. The van der Waals surface area contributed by atoms with E-state index < -0.39 is 0 Å². The van der Waals surface area contributed by atoms with Gasteiger partial charge in [-0.3, -0.25) is 14.9 Å². The predicted octanol–water partition coefficient (Wildman–Crippen LogP) is 2.57. The Morgan fingerprint density at radius 2 is 2.19 bits per heavy atom. The van der Waals surface area contributed by atoms with Gasteiger partial charge in [0.05, 0.1) is 4.91 Å². The summed E-state index contributed by atoms with van der Waals surface area (Å²) in [6.07, 6.45) is 2.69. The van der Waals surface area contributed by atoms with Crippen molar-refractivity contribution >= 4 is 29.0 Å². The summed E-state index contributed by atoms with van der Waals surface area (Å²) in [4.78, 5) is 22.7. The van der Waals surface area contributed by atoms with Crippen LogP contribution in [0, 0.1) is 0 Å². The van der Waals surface area contributed by atoms with Crippen LogP contribution in [0.2, 0.25) is 0 Å². The second-order valence-electron chi connectivity index (χ2n) is 3.45. The van der Waals surface area contributed by atoms with Gasteiger partial charge in [0.1, 0.15) is 0 Å². The number of thioether (sulfide) groups is 1. The van der Waals surface area contributed by atoms with Crippen LogP contribution < -0.4 is 5.32 Å². The van der Waals surface area contributed by atoms with Gasteiger partial charge in [0, 0.05) is 0 Å². The van der Waals surface area contributed by atoms with Gasteiger partial charge in [-0.25, -0.2) is 0 Å². The molecule has 0 aromatic heterocycles. The Labute approximate surface area is 97.9 Å². The van der Waals surface area contributed by atoms with Crippen molar-refractivity contribution in [2.24, 2.45) is 0 Å². The summed E-state index contributed by atoms with van der Waals surface area (Å²) < 4.78 is 0. The molecule has 16 heavy (non-hydrogen) atoms. The summed E-state index contributed by atoms with van der Waals surface area (Å²) in [7, 11) is 0. The van der Waals surface area contributed by atoms with Gasteiger partial charge in [0.2, 0.25) is 0 Å². The SMILES string of the molecule is CCc1cccc(C=C2SC(=O)NC2=O)c1. The summed E-state index contributed by atoms with van der Waals surface area (Å²) in [5, 5.41) is 1.93. The van der Waals surface area contributed by atoms with Crippen LogP contribution >= 0.6 is 11.8 Å². The average molecular weight is 233 g/mol. The predicted molar refractivity (Wildman–Crippen MR) is 64.9 cm³/mol. The van der Waals surface area contributed by atoms with Gasteiger partial charge in [-0.2, -0.15) is 0 Å². The van der Waals surface area contributed by atoms with E-state index in [-0.39, 0.29) is 11.1 Å². The van der Waals surface area contributed by atoms with E-state index in [1.54, 1.807) is 6.08 Å². The number of amides is 2. The highest BCUT2D eigenvalue weighted by Crippen LogP contribution is 2.25. The molecule has 82 valence electrons. The summed E-state index contributed by atoms with van der Waals surface area (Å²) in [6.45, 7) is 2.08. The van der Waals surface area contributed by atoms with Crippen LogP contribution in [0.15, 0.2) is 29.2 Å². The molecule has 1 heterocycles. The zero-order valence-corrected chi connectivity index (χ0v) is 9.64. The molecule has 0 bridgehead atoms. The molecule has 1 aliphatic heterocycles. The van der Waals surface area contributed by atoms with Crippen molar-refractivity contribution in [3.63, 3.8) is 0 Å². The van der Waals surface area contributed by atoms with Gasteiger partial charge < -0.3 is 0 Å². The van der Waals surface area contributed by atoms with Crippen molar-refractivity contribution in [3.8, 4) is 0 Å². The molecule has 1 saturated heterocycles. The average Bonchev–Trinajstić information content (AvgIpc) is 2.58. The molecule has 1 aromatic carbocycles. The van der Waals surface area contributed by atoms with Gasteiger partial charge in [-0.05, 0) is 35.4 Å². The van der Waals surface area contributed by atoms with Crippen molar-refractivity contribution in [2.45, 2.75) is 13.3 Å². The van der Waals surface area contributed by atoms with Crippen molar-refractivity contribution < 1.29 is 9.59 Å². The fourth-order valence-electron chi connectivity index (χ4n) is 1.48. The van der Waals surface area contributed by atoms with E-state index in [0.717, 1.165) is 23.7 Å². The van der Waals surface area contributed by atoms with Gasteiger partial charge in [0.15, 0.2) is 0 Å². The minimum absolute atomic E-state index is 0.303. The van der Waals surface area contributed by atoms with Gasteiger partial charge in [-0.1, -0.05) is 31.2 Å². The smallest absolute Gasteiger partial charge is 0.282 e. The van der Waals surface area contributed by atoms with E-state index in [1.165, 1.54) is 5.56 Å². The molecule has 0 aliphatic carbocycles. The molecule has 0 radical (unpaired) electrons. The molecule has 1 N–H and O–H groups in total. The first-order valence-electron chi connectivity index (χ1n) is 5.03. The minimum Gasteiger partial charge on any atom is -0.282 e. The van der Waals surface area contributed by atoms with E-state index in [2.05, 4.69) is 12.2 Å². The largest absolute Gasteiger partial charge is 0.290 e. The van der Waals surface area contributed by atoms with Gasteiger partial charge in [-0.15, -0.1) is 0 Å². The highest BCUT2D eigenvalue weighted by atomic mass is 32.2. The Morgan fingerprint density at radius 1 is 1.38 bits per heavy atom. The Hall–Kier alpha value is -1.55. The van der Waals surface area contributed by atoms with Crippen LogP contribution in [-0.4, -0.2) is 11.1 Å². The van der Waals surface area contributed by atoms with Crippen molar-refractivity contribution in [1.29, 1.82) is 0 Å². The molecule has 1 aliphatic rings. The van der Waals surface area contributed by atoms with E-state index in [0.29, 0.717) is 4.91 Å². The number of nitrogens with one attached hydrogen (secondary N) is 1. The number of hydrogen-bond donors (Lipinski definition) is 1. The van der Waals surface area contributed by atoms with Crippen LogP contribution in [0.4, 0.5) is 4.79 Å². The molecule has 3 nitrogen and oxygen atoms in total. The Kier molecular flexibility index (Phi) is 3.10. The van der Waals surface area contributed by atoms with Crippen molar-refractivity contribution in [3.05, 3.63) is 40.3 Å². The molecule has 0 atom stereocenters. The number of aryl methyl sites for hydroxylation is 1. The number of benzene rings is 1. The summed E-state index contributed by atoms with van der Waals surface area (Å²) in [5.41, 5.74) is 2.16. The van der Waals surface area contributed by atoms with Crippen LogP contribution in [-0.2, 0) is 11.2 Å². The molecule has 0 spiro atoms. The number of imide groups is 1. The molecule has 4 heteroatoms. The Balaban J connectivity index is 2.28. The highest BCUT2D eigenvalue weighted by Gasteiger charge is 2.24. The minimum atomic E-state index is -0.308. The normalized spacial score (nSPS) is 17.9. The number of rotatable bonds is 2. The monoisotopic (exact) mass is 233 g/mol. The van der Waals surface area contributed by atoms with Crippen LogP contribution in [0.3, 0.4) is 0 Å². The Morgan fingerprint density at radius 3 is 2.81 bits per heavy atom. The molecule has 0 saturated carbocycles. The molecule has 2 amide bonds. The first-order chi connectivity index (χ1) is 7.69. The molecule has 2 rings (SSSR count). The third-order valence-corrected chi connectivity index (χ3v) is 3.11. The standard InChI is InChI=1S/C12H11NO2S/c1-2-8-4-3-5-9(6-8)7-10-11(14)13-12(15)16-10/h3-7H,2H2,1H3,(H,13,14,15). The van der Waals surface area contributed by atoms with Crippen LogP contribution in [0.5, 0.6) is 0 Å². The third kappa shape index (κ3) is 2.33. The number of carbonyl (C=O) groups is 2. The van der Waals surface area contributed by atoms with E-state index in [4.69, 9.17) is 0 Å². The topological polar surface area (TPSA) is 46.2 Å². The lowest BCUT2D eigenvalue weighted by molar-refractivity contribution is -0.115. The lowest BCUT2D eigenvalue weighted by atomic mass is 10.1. The molecular formula is C12H11NO2S. The van der Waals surface area contributed by atoms with Gasteiger partial charge in [0.25, 0.3) is 11.1 Å². The molecular weight excluding hydrogens is 222 g/mol. The summed E-state index contributed by atoms with van der Waals surface area (Å²) in [6, 6.07) is 7.92. The Bertz CT molecular complexity index is 480. The zero-order chi connectivity index (χ0) is 11.5. The highest BCUT2D eigenvalue weighted by molar-refractivity contribution is 8.18. The number of hydrogen-bond acceptors (Lipinski definition) is 3. The van der Waals surface area contributed by atoms with Crippen LogP contribution in [0.1, 0.15) is 18.1 Å².